The number of nitrogens with zero attached hydrogens (tertiary/aromatic N) is 3. The van der Waals surface area contributed by atoms with Gasteiger partial charge in [0.05, 0.1) is 12.9 Å². The van der Waals surface area contributed by atoms with E-state index in [0.29, 0.717) is 0 Å². The largest absolute Gasteiger partial charge is 0.469 e. The number of imidazole rings is 1. The van der Waals surface area contributed by atoms with Gasteiger partial charge in [-0.2, -0.15) is 0 Å². The highest BCUT2D eigenvalue weighted by Crippen LogP contribution is 2.39. The van der Waals surface area contributed by atoms with Crippen LogP contribution >= 0.6 is 7.82 Å². The molecule has 11 nitrogen and oxygen atoms in total. The molecule has 0 amide bonds. The minimum atomic E-state index is -4.73. The second kappa shape index (κ2) is 5.87. The fourth-order valence-corrected chi connectivity index (χ4v) is 2.79. The molecule has 0 saturated carbocycles. The van der Waals surface area contributed by atoms with Crippen LogP contribution in [-0.2, 0) is 13.8 Å². The van der Waals surface area contributed by atoms with Crippen LogP contribution < -0.4 is 0 Å². The predicted octanol–water partition coefficient (Wildman–Crippen LogP) is -1.10. The molecule has 0 spiro atoms. The molecule has 0 aliphatic carbocycles. The fraction of sp³-hybridized carbons (Fsp3) is 0.545. The molecule has 0 radical (unpaired) electrons. The number of phosphoric acid groups is 1. The number of aliphatic hydroxyl groups is 2. The van der Waals surface area contributed by atoms with Crippen LogP contribution in [0.4, 0.5) is 5.82 Å². The number of aliphatic imine (C=N–C) groups is 1. The lowest BCUT2D eigenvalue weighted by Gasteiger charge is -2.18. The summed E-state index contributed by atoms with van der Waals surface area (Å²) in [6.07, 6.45) is -2.36. The van der Waals surface area contributed by atoms with E-state index in [4.69, 9.17) is 14.5 Å². The summed E-state index contributed by atoms with van der Waals surface area (Å²) in [6, 6.07) is 0. The Bertz CT molecular complexity index is 697. The Labute approximate surface area is 129 Å². The zero-order valence-electron chi connectivity index (χ0n) is 11.6. The van der Waals surface area contributed by atoms with Crippen LogP contribution in [0.15, 0.2) is 11.3 Å². The number of carbonyl (C=O) groups excluding carboxylic acids is 1. The van der Waals surface area contributed by atoms with Crippen LogP contribution in [0.1, 0.15) is 23.1 Å². The van der Waals surface area contributed by atoms with Crippen molar-refractivity contribution in [2.45, 2.75) is 31.0 Å². The maximum absolute atomic E-state index is 11.7. The molecule has 0 bridgehead atoms. The van der Waals surface area contributed by atoms with Gasteiger partial charge < -0.3 is 24.7 Å². The van der Waals surface area contributed by atoms with E-state index < -0.39 is 39.0 Å². The summed E-state index contributed by atoms with van der Waals surface area (Å²) in [7, 11) is -4.73. The van der Waals surface area contributed by atoms with Crippen molar-refractivity contribution in [1.29, 1.82) is 0 Å². The lowest BCUT2D eigenvalue weighted by Crippen LogP contribution is -2.33. The number of aliphatic hydroxyl groups excluding tert-OH is 2. The third-order valence-corrected chi connectivity index (χ3v) is 4.03. The zero-order valence-corrected chi connectivity index (χ0v) is 12.5. The molecule has 3 heterocycles. The van der Waals surface area contributed by atoms with Gasteiger partial charge >= 0.3 is 7.82 Å². The highest BCUT2D eigenvalue weighted by molar-refractivity contribution is 7.46. The molecule has 1 aromatic rings. The van der Waals surface area contributed by atoms with Crippen LogP contribution in [-0.4, -0.2) is 66.5 Å². The Hall–Kier alpha value is -1.46. The quantitative estimate of drug-likeness (QED) is 0.495. The molecule has 0 aromatic carbocycles. The van der Waals surface area contributed by atoms with Crippen LogP contribution in [0.2, 0.25) is 0 Å². The normalized spacial score (nSPS) is 30.7. The van der Waals surface area contributed by atoms with Gasteiger partial charge in [0.1, 0.15) is 18.3 Å². The van der Waals surface area contributed by atoms with Crippen molar-refractivity contribution in [1.82, 2.24) is 9.55 Å². The molecule has 12 heteroatoms. The number of phosphoric ester groups is 1. The van der Waals surface area contributed by atoms with E-state index in [1.54, 1.807) is 0 Å². The minimum absolute atomic E-state index is 0.124. The molecular formula is C11H14N3O8P. The number of aromatic nitrogens is 2. The van der Waals surface area contributed by atoms with Gasteiger partial charge in [0, 0.05) is 12.6 Å². The van der Waals surface area contributed by atoms with Gasteiger partial charge in [0.15, 0.2) is 23.5 Å². The Morgan fingerprint density at radius 2 is 2.13 bits per heavy atom. The topological polar surface area (TPSA) is 164 Å². The Morgan fingerprint density at radius 3 is 2.83 bits per heavy atom. The second-order valence-corrected chi connectivity index (χ2v) is 6.34. The Morgan fingerprint density at radius 1 is 1.39 bits per heavy atom. The molecule has 4 atom stereocenters. The first kappa shape index (κ1) is 16.4. The van der Waals surface area contributed by atoms with E-state index >= 15 is 0 Å². The lowest BCUT2D eigenvalue weighted by atomic mass is 10.1. The van der Waals surface area contributed by atoms with Crippen LogP contribution in [0.5, 0.6) is 0 Å². The van der Waals surface area contributed by atoms with Crippen LogP contribution in [0.25, 0.3) is 0 Å². The molecule has 23 heavy (non-hydrogen) atoms. The van der Waals surface area contributed by atoms with Crippen LogP contribution in [0, 0.1) is 0 Å². The molecule has 126 valence electrons. The third kappa shape index (κ3) is 3.12. The van der Waals surface area contributed by atoms with Crippen molar-refractivity contribution in [2.75, 3.05) is 6.61 Å². The lowest BCUT2D eigenvalue weighted by molar-refractivity contribution is -0.0512. The van der Waals surface area contributed by atoms with Gasteiger partial charge in [-0.3, -0.25) is 13.9 Å². The molecule has 2 aliphatic heterocycles. The summed E-state index contributed by atoms with van der Waals surface area (Å²) in [4.78, 5) is 37.0. The van der Waals surface area contributed by atoms with Crippen molar-refractivity contribution in [3.8, 4) is 0 Å². The molecule has 1 saturated heterocycles. The third-order valence-electron chi connectivity index (χ3n) is 3.54. The highest BCUT2D eigenvalue weighted by atomic mass is 31.2. The van der Waals surface area contributed by atoms with E-state index in [-0.39, 0.29) is 23.7 Å². The number of hydrogen-bond acceptors (Lipinski definition) is 8. The van der Waals surface area contributed by atoms with E-state index in [0.717, 1.165) is 0 Å². The summed E-state index contributed by atoms with van der Waals surface area (Å²) in [6.45, 7) is -0.613. The van der Waals surface area contributed by atoms with E-state index in [1.807, 2.05) is 0 Å². The smallest absolute Gasteiger partial charge is 0.387 e. The van der Waals surface area contributed by atoms with Gasteiger partial charge in [0.25, 0.3) is 0 Å². The number of rotatable bonds is 4. The maximum atomic E-state index is 11.7. The first-order chi connectivity index (χ1) is 10.8. The molecule has 1 aromatic heterocycles. The first-order valence-corrected chi connectivity index (χ1v) is 8.15. The fourth-order valence-electron chi connectivity index (χ4n) is 2.44. The Kier molecular flexibility index (Phi) is 4.19. The van der Waals surface area contributed by atoms with Crippen molar-refractivity contribution >= 4 is 25.6 Å². The van der Waals surface area contributed by atoms with E-state index in [9.17, 15) is 19.6 Å². The average molecular weight is 347 g/mol. The number of ether oxygens (including phenoxy) is 1. The average Bonchev–Trinajstić information content (AvgIpc) is 3.01. The van der Waals surface area contributed by atoms with Gasteiger partial charge in [-0.25, -0.2) is 14.5 Å². The first-order valence-electron chi connectivity index (χ1n) is 6.62. The molecule has 2 aliphatic rings. The number of carbonyl (C=O) groups is 1. The summed E-state index contributed by atoms with van der Waals surface area (Å²) >= 11 is 0. The molecule has 4 N–H and O–H groups in total. The second-order valence-electron chi connectivity index (χ2n) is 5.10. The van der Waals surface area contributed by atoms with Gasteiger partial charge in [0.2, 0.25) is 0 Å². The van der Waals surface area contributed by atoms with Crippen molar-refractivity contribution in [3.63, 3.8) is 0 Å². The Balaban J connectivity index is 1.81. The SMILES string of the molecule is O=C1CC=Nc2c1ncn2[C@@H]1O[C@H](COP(=O)(O)O)[C@@H](O)[C@H]1O. The van der Waals surface area contributed by atoms with Gasteiger partial charge in [-0.1, -0.05) is 0 Å². The highest BCUT2D eigenvalue weighted by Gasteiger charge is 2.45. The summed E-state index contributed by atoms with van der Waals surface area (Å²) in [5, 5.41) is 20.0. The van der Waals surface area contributed by atoms with Gasteiger partial charge in [-0.15, -0.1) is 0 Å². The monoisotopic (exact) mass is 347 g/mol. The summed E-state index contributed by atoms with van der Waals surface area (Å²) < 4.78 is 21.7. The predicted molar refractivity (Wildman–Crippen MR) is 73.2 cm³/mol. The number of fused-ring (bicyclic) bond motifs is 1. The number of Topliss-reactive ketones (excluding diaryl/α,β-unsaturated/α-hetero) is 1. The standard InChI is InChI=1S/C11H14N3O8P/c15-5-1-2-12-10-7(5)13-4-14(10)11-9(17)8(16)6(22-11)3-21-23(18,19)20/h2,4,6,8-9,11,16-17H,1,3H2,(H2,18,19,20)/t6-,8-,9-,11-/m1/s1. The van der Waals surface area contributed by atoms with Crippen molar-refractivity contribution in [3.05, 3.63) is 12.0 Å². The maximum Gasteiger partial charge on any atom is 0.469 e. The van der Waals surface area contributed by atoms with Crippen LogP contribution in [0.3, 0.4) is 0 Å². The molecule has 3 rings (SSSR count). The zero-order chi connectivity index (χ0) is 16.8. The molecule has 1 fully saturated rings. The molecule has 0 unspecified atom stereocenters. The van der Waals surface area contributed by atoms with E-state index in [2.05, 4.69) is 14.5 Å². The van der Waals surface area contributed by atoms with Crippen molar-refractivity contribution < 1.29 is 38.6 Å². The number of hydrogen-bond donors (Lipinski definition) is 4. The molecular weight excluding hydrogens is 333 g/mol. The van der Waals surface area contributed by atoms with Gasteiger partial charge in [-0.05, 0) is 0 Å². The van der Waals surface area contributed by atoms with E-state index in [1.165, 1.54) is 17.1 Å². The minimum Gasteiger partial charge on any atom is -0.387 e. The number of ketones is 1. The van der Waals surface area contributed by atoms with Crippen molar-refractivity contribution in [2.24, 2.45) is 4.99 Å². The summed E-state index contributed by atoms with van der Waals surface area (Å²) in [5.74, 6) is -0.0442. The summed E-state index contributed by atoms with van der Waals surface area (Å²) in [5.41, 5.74) is 0.132.